The summed E-state index contributed by atoms with van der Waals surface area (Å²) in [5.41, 5.74) is 10.6. The highest BCUT2D eigenvalue weighted by atomic mass is 16.5. The van der Waals surface area contributed by atoms with Crippen LogP contribution < -0.4 is 15.8 Å². The Morgan fingerprint density at radius 3 is 2.76 bits per heavy atom. The fourth-order valence-corrected chi connectivity index (χ4v) is 2.57. The number of carbonyl (C=O) groups excluding carboxylic acids is 1. The fourth-order valence-electron chi connectivity index (χ4n) is 2.57. The molecule has 1 aliphatic heterocycles. The van der Waals surface area contributed by atoms with Crippen LogP contribution >= 0.6 is 0 Å². The summed E-state index contributed by atoms with van der Waals surface area (Å²) in [6.45, 7) is 4.11. The molecule has 3 rings (SSSR count). The van der Waals surface area contributed by atoms with Gasteiger partial charge in [0.15, 0.2) is 6.10 Å². The Bertz CT molecular complexity index is 710. The summed E-state index contributed by atoms with van der Waals surface area (Å²) in [5.74, 6) is 0.511. The first-order valence-electron chi connectivity index (χ1n) is 6.96. The summed E-state index contributed by atoms with van der Waals surface area (Å²) in [5, 5.41) is 2.87. The Hall–Kier alpha value is -2.49. The Balaban J connectivity index is 1.85. The Labute approximate surface area is 123 Å². The lowest BCUT2D eigenvalue weighted by atomic mass is 9.99. The van der Waals surface area contributed by atoms with Crippen molar-refractivity contribution in [1.29, 1.82) is 0 Å². The number of fused-ring (bicyclic) bond motifs is 1. The molecule has 0 aliphatic carbocycles. The monoisotopic (exact) mass is 282 g/mol. The highest BCUT2D eigenvalue weighted by Gasteiger charge is 2.28. The van der Waals surface area contributed by atoms with Crippen molar-refractivity contribution in [2.45, 2.75) is 26.4 Å². The van der Waals surface area contributed by atoms with Crippen molar-refractivity contribution < 1.29 is 9.53 Å². The molecule has 0 saturated heterocycles. The van der Waals surface area contributed by atoms with Gasteiger partial charge in [-0.1, -0.05) is 23.8 Å². The van der Waals surface area contributed by atoms with E-state index < -0.39 is 6.10 Å². The average Bonchev–Trinajstić information content (AvgIpc) is 2.43. The van der Waals surface area contributed by atoms with Crippen LogP contribution in [0.25, 0.3) is 0 Å². The summed E-state index contributed by atoms with van der Waals surface area (Å²) in [4.78, 5) is 12.2. The second kappa shape index (κ2) is 5.13. The number of rotatable bonds is 2. The number of aryl methyl sites for hydroxylation is 2. The third-order valence-electron chi connectivity index (χ3n) is 3.73. The number of ether oxygens (including phenoxy) is 1. The second-order valence-electron chi connectivity index (χ2n) is 5.49. The van der Waals surface area contributed by atoms with E-state index >= 15 is 0 Å². The number of nitrogen functional groups attached to an aromatic ring is 1. The van der Waals surface area contributed by atoms with Crippen LogP contribution in [0.2, 0.25) is 0 Å². The molecule has 2 aromatic rings. The van der Waals surface area contributed by atoms with Crippen molar-refractivity contribution in [2.75, 3.05) is 11.1 Å². The molecule has 1 atom stereocenters. The minimum atomic E-state index is -0.527. The molecule has 108 valence electrons. The van der Waals surface area contributed by atoms with Crippen molar-refractivity contribution in [2.24, 2.45) is 0 Å². The topological polar surface area (TPSA) is 64.3 Å². The number of nitrogens with one attached hydrogen (secondary N) is 1. The summed E-state index contributed by atoms with van der Waals surface area (Å²) < 4.78 is 5.82. The zero-order chi connectivity index (χ0) is 15.0. The molecule has 0 saturated carbocycles. The highest BCUT2D eigenvalue weighted by Crippen LogP contribution is 2.32. The number of amides is 1. The summed E-state index contributed by atoms with van der Waals surface area (Å²) in [6.07, 6.45) is 0.0207. The van der Waals surface area contributed by atoms with Crippen LogP contribution in [0.1, 0.15) is 16.7 Å². The van der Waals surface area contributed by atoms with Crippen LogP contribution in [-0.4, -0.2) is 12.0 Å². The van der Waals surface area contributed by atoms with E-state index in [1.54, 1.807) is 18.2 Å². The molecule has 3 N–H and O–H groups in total. The van der Waals surface area contributed by atoms with Gasteiger partial charge in [0.05, 0.1) is 5.69 Å². The van der Waals surface area contributed by atoms with Gasteiger partial charge in [-0.2, -0.15) is 0 Å². The zero-order valence-corrected chi connectivity index (χ0v) is 12.1. The lowest BCUT2D eigenvalue weighted by Gasteiger charge is -2.26. The molecule has 0 spiro atoms. The summed E-state index contributed by atoms with van der Waals surface area (Å²) in [7, 11) is 0. The number of hydrogen-bond donors (Lipinski definition) is 2. The van der Waals surface area contributed by atoms with E-state index in [0.29, 0.717) is 23.5 Å². The largest absolute Gasteiger partial charge is 0.478 e. The molecule has 21 heavy (non-hydrogen) atoms. The van der Waals surface area contributed by atoms with E-state index in [2.05, 4.69) is 37.4 Å². The smallest absolute Gasteiger partial charge is 0.265 e. The number of hydrogen-bond acceptors (Lipinski definition) is 3. The Morgan fingerprint density at radius 1 is 1.19 bits per heavy atom. The first kappa shape index (κ1) is 13.5. The third kappa shape index (κ3) is 2.70. The molecule has 1 aliphatic rings. The van der Waals surface area contributed by atoms with Gasteiger partial charge >= 0.3 is 0 Å². The predicted octanol–water partition coefficient (Wildman–Crippen LogP) is 2.83. The molecular formula is C17H18N2O2. The van der Waals surface area contributed by atoms with Crippen LogP contribution in [0.5, 0.6) is 5.75 Å². The van der Waals surface area contributed by atoms with Gasteiger partial charge in [0.25, 0.3) is 5.91 Å². The van der Waals surface area contributed by atoms with Crippen LogP contribution in [0.3, 0.4) is 0 Å². The lowest BCUT2D eigenvalue weighted by Crippen LogP contribution is -2.38. The second-order valence-corrected chi connectivity index (χ2v) is 5.49. The van der Waals surface area contributed by atoms with Crippen molar-refractivity contribution >= 4 is 17.3 Å². The fraction of sp³-hybridized carbons (Fsp3) is 0.235. The summed E-state index contributed by atoms with van der Waals surface area (Å²) in [6, 6.07) is 11.5. The van der Waals surface area contributed by atoms with Crippen LogP contribution in [-0.2, 0) is 11.2 Å². The maximum Gasteiger partial charge on any atom is 0.265 e. The highest BCUT2D eigenvalue weighted by molar-refractivity contribution is 5.98. The van der Waals surface area contributed by atoms with E-state index in [1.165, 1.54) is 11.1 Å². The van der Waals surface area contributed by atoms with E-state index in [9.17, 15) is 4.79 Å². The normalized spacial score (nSPS) is 16.9. The van der Waals surface area contributed by atoms with Gasteiger partial charge in [-0.25, -0.2) is 0 Å². The average molecular weight is 282 g/mol. The standard InChI is InChI=1S/C17H18N2O2/c1-10-3-4-12(11(2)7-10)8-16-17(20)19-14-6-5-13(18)9-15(14)21-16/h3-7,9,16H,8,18H2,1-2H3,(H,19,20). The van der Waals surface area contributed by atoms with Gasteiger partial charge in [0, 0.05) is 18.2 Å². The van der Waals surface area contributed by atoms with Crippen molar-refractivity contribution in [3.63, 3.8) is 0 Å². The van der Waals surface area contributed by atoms with Gasteiger partial charge in [-0.3, -0.25) is 4.79 Å². The first-order chi connectivity index (χ1) is 10.0. The van der Waals surface area contributed by atoms with Crippen LogP contribution in [0.15, 0.2) is 36.4 Å². The van der Waals surface area contributed by atoms with Crippen molar-refractivity contribution in [3.8, 4) is 5.75 Å². The zero-order valence-electron chi connectivity index (χ0n) is 12.1. The van der Waals surface area contributed by atoms with Gasteiger partial charge < -0.3 is 15.8 Å². The number of nitrogens with two attached hydrogens (primary N) is 1. The first-order valence-corrected chi connectivity index (χ1v) is 6.96. The van der Waals surface area contributed by atoms with E-state index in [1.807, 2.05) is 0 Å². The Kier molecular flexibility index (Phi) is 3.29. The van der Waals surface area contributed by atoms with Gasteiger partial charge in [-0.15, -0.1) is 0 Å². The molecule has 0 bridgehead atoms. The van der Waals surface area contributed by atoms with Crippen molar-refractivity contribution in [1.82, 2.24) is 0 Å². The molecule has 0 aromatic heterocycles. The number of carbonyl (C=O) groups is 1. The predicted molar refractivity (Wildman–Crippen MR) is 83.5 cm³/mol. The van der Waals surface area contributed by atoms with E-state index in [4.69, 9.17) is 10.5 Å². The van der Waals surface area contributed by atoms with Gasteiger partial charge in [0.2, 0.25) is 0 Å². The maximum atomic E-state index is 12.2. The van der Waals surface area contributed by atoms with Crippen LogP contribution in [0, 0.1) is 13.8 Å². The minimum Gasteiger partial charge on any atom is -0.478 e. The molecule has 4 nitrogen and oxygen atoms in total. The molecular weight excluding hydrogens is 264 g/mol. The van der Waals surface area contributed by atoms with Gasteiger partial charge in [-0.05, 0) is 37.1 Å². The number of benzene rings is 2. The van der Waals surface area contributed by atoms with E-state index in [0.717, 1.165) is 5.56 Å². The van der Waals surface area contributed by atoms with Crippen molar-refractivity contribution in [3.05, 3.63) is 53.1 Å². The number of anilines is 2. The molecule has 1 amide bonds. The lowest BCUT2D eigenvalue weighted by molar-refractivity contribution is -0.123. The van der Waals surface area contributed by atoms with Gasteiger partial charge in [0.1, 0.15) is 5.75 Å². The molecule has 0 radical (unpaired) electrons. The minimum absolute atomic E-state index is 0.118. The summed E-state index contributed by atoms with van der Waals surface area (Å²) >= 11 is 0. The third-order valence-corrected chi connectivity index (χ3v) is 3.73. The molecule has 1 unspecified atom stereocenters. The van der Waals surface area contributed by atoms with Crippen LogP contribution in [0.4, 0.5) is 11.4 Å². The Morgan fingerprint density at radius 2 is 2.00 bits per heavy atom. The molecule has 2 aromatic carbocycles. The quantitative estimate of drug-likeness (QED) is 0.832. The SMILES string of the molecule is Cc1ccc(CC2Oc3cc(N)ccc3NC2=O)c(C)c1. The molecule has 0 fully saturated rings. The molecule has 1 heterocycles. The molecule has 4 heteroatoms. The van der Waals surface area contributed by atoms with E-state index in [-0.39, 0.29) is 5.91 Å². The maximum absolute atomic E-state index is 12.2.